The van der Waals surface area contributed by atoms with E-state index >= 15 is 0 Å². The van der Waals surface area contributed by atoms with Crippen LogP contribution in [0.5, 0.6) is 0 Å². The van der Waals surface area contributed by atoms with Crippen LogP contribution >= 0.6 is 0 Å². The molecule has 0 unspecified atom stereocenters. The van der Waals surface area contributed by atoms with Crippen molar-refractivity contribution in [1.29, 1.82) is 0 Å². The third-order valence-electron chi connectivity index (χ3n) is 2.59. The van der Waals surface area contributed by atoms with Crippen LogP contribution in [-0.2, 0) is 27.4 Å². The number of nitrogens with zero attached hydrogens (tertiary/aromatic N) is 1. The standard InChI is InChI=1S/C13H18N2O6/c1-7(2)11(12(17)18)14-13(19)20-6-10-5-9(15-21-10)4-8(3)16/h5,7,11H,4,6H2,1-3H3,(H,14,19)(H,17,18)/t11-/m0/s1. The summed E-state index contributed by atoms with van der Waals surface area (Å²) in [5, 5.41) is 14.8. The van der Waals surface area contributed by atoms with Crippen molar-refractivity contribution in [3.05, 3.63) is 17.5 Å². The molecule has 116 valence electrons. The third-order valence-corrected chi connectivity index (χ3v) is 2.59. The molecule has 8 nitrogen and oxygen atoms in total. The van der Waals surface area contributed by atoms with Crippen molar-refractivity contribution in [2.75, 3.05) is 0 Å². The number of nitrogens with one attached hydrogen (secondary N) is 1. The van der Waals surface area contributed by atoms with E-state index in [9.17, 15) is 14.4 Å². The number of amides is 1. The van der Waals surface area contributed by atoms with Crippen molar-refractivity contribution in [1.82, 2.24) is 10.5 Å². The average Bonchev–Trinajstić information content (AvgIpc) is 2.79. The lowest BCUT2D eigenvalue weighted by Crippen LogP contribution is -2.44. The molecular weight excluding hydrogens is 280 g/mol. The lowest BCUT2D eigenvalue weighted by atomic mass is 10.1. The highest BCUT2D eigenvalue weighted by molar-refractivity contribution is 5.80. The van der Waals surface area contributed by atoms with E-state index in [1.165, 1.54) is 13.0 Å². The quantitative estimate of drug-likeness (QED) is 0.774. The van der Waals surface area contributed by atoms with Crippen LogP contribution in [0.2, 0.25) is 0 Å². The van der Waals surface area contributed by atoms with E-state index in [4.69, 9.17) is 14.4 Å². The van der Waals surface area contributed by atoms with Crippen LogP contribution in [0.4, 0.5) is 4.79 Å². The maximum Gasteiger partial charge on any atom is 0.408 e. The van der Waals surface area contributed by atoms with E-state index < -0.39 is 18.1 Å². The number of rotatable bonds is 7. The molecule has 0 radical (unpaired) electrons. The fourth-order valence-corrected chi connectivity index (χ4v) is 1.58. The number of alkyl carbamates (subject to hydrolysis) is 1. The van der Waals surface area contributed by atoms with Gasteiger partial charge in [0.15, 0.2) is 12.4 Å². The van der Waals surface area contributed by atoms with Crippen molar-refractivity contribution in [3.8, 4) is 0 Å². The zero-order valence-electron chi connectivity index (χ0n) is 12.1. The molecular formula is C13H18N2O6. The second-order valence-electron chi connectivity index (χ2n) is 4.94. The molecule has 1 rings (SSSR count). The van der Waals surface area contributed by atoms with Crippen molar-refractivity contribution in [2.45, 2.75) is 39.8 Å². The summed E-state index contributed by atoms with van der Waals surface area (Å²) >= 11 is 0. The summed E-state index contributed by atoms with van der Waals surface area (Å²) < 4.78 is 9.74. The Labute approximate surface area is 121 Å². The Morgan fingerprint density at radius 1 is 1.43 bits per heavy atom. The Hall–Kier alpha value is -2.38. The minimum Gasteiger partial charge on any atom is -0.480 e. The number of carboxylic acid groups (broad SMARTS) is 1. The second-order valence-corrected chi connectivity index (χ2v) is 4.94. The molecule has 0 fully saturated rings. The van der Waals surface area contributed by atoms with Crippen molar-refractivity contribution < 1.29 is 28.8 Å². The first-order valence-corrected chi connectivity index (χ1v) is 6.39. The number of ketones is 1. The SMILES string of the molecule is CC(=O)Cc1cc(COC(=O)N[C@H](C(=O)O)C(C)C)on1. The number of ether oxygens (including phenoxy) is 1. The normalized spacial score (nSPS) is 12.0. The molecule has 0 spiro atoms. The first kappa shape index (κ1) is 16.7. The molecule has 2 N–H and O–H groups in total. The highest BCUT2D eigenvalue weighted by atomic mass is 16.6. The van der Waals surface area contributed by atoms with E-state index in [2.05, 4.69) is 10.5 Å². The largest absolute Gasteiger partial charge is 0.480 e. The molecule has 0 aliphatic heterocycles. The Bertz CT molecular complexity index is 522. The first-order valence-electron chi connectivity index (χ1n) is 6.39. The molecule has 0 aromatic carbocycles. The van der Waals surface area contributed by atoms with Crippen LogP contribution in [0, 0.1) is 5.92 Å². The molecule has 0 saturated carbocycles. The maximum absolute atomic E-state index is 11.5. The van der Waals surface area contributed by atoms with Gasteiger partial charge in [-0.1, -0.05) is 19.0 Å². The number of aliphatic carboxylic acids is 1. The summed E-state index contributed by atoms with van der Waals surface area (Å²) in [6, 6.07) is 0.478. The Morgan fingerprint density at radius 3 is 2.62 bits per heavy atom. The molecule has 8 heteroatoms. The van der Waals surface area contributed by atoms with Crippen LogP contribution in [0.3, 0.4) is 0 Å². The molecule has 1 atom stereocenters. The smallest absolute Gasteiger partial charge is 0.408 e. The van der Waals surface area contributed by atoms with Gasteiger partial charge in [0.1, 0.15) is 11.8 Å². The predicted molar refractivity (Wildman–Crippen MR) is 70.5 cm³/mol. The summed E-state index contributed by atoms with van der Waals surface area (Å²) in [4.78, 5) is 33.3. The summed E-state index contributed by atoms with van der Waals surface area (Å²) in [6.45, 7) is 4.57. The van der Waals surface area contributed by atoms with Gasteiger partial charge in [-0.15, -0.1) is 0 Å². The van der Waals surface area contributed by atoms with E-state index in [-0.39, 0.29) is 30.5 Å². The number of hydrogen-bond acceptors (Lipinski definition) is 6. The van der Waals surface area contributed by atoms with Gasteiger partial charge in [0.25, 0.3) is 0 Å². The van der Waals surface area contributed by atoms with Gasteiger partial charge >= 0.3 is 12.1 Å². The second kappa shape index (κ2) is 7.41. The zero-order valence-corrected chi connectivity index (χ0v) is 12.1. The molecule has 0 bridgehead atoms. The topological polar surface area (TPSA) is 119 Å². The lowest BCUT2D eigenvalue weighted by Gasteiger charge is -2.17. The molecule has 0 saturated heterocycles. The predicted octanol–water partition coefficient (Wildman–Crippen LogP) is 1.14. The van der Waals surface area contributed by atoms with E-state index in [1.807, 2.05) is 0 Å². The minimum atomic E-state index is -1.13. The molecule has 1 amide bonds. The number of carbonyl (C=O) groups is 3. The van der Waals surface area contributed by atoms with Gasteiger partial charge in [-0.3, -0.25) is 4.79 Å². The van der Waals surface area contributed by atoms with Gasteiger partial charge in [0, 0.05) is 6.07 Å². The van der Waals surface area contributed by atoms with Crippen molar-refractivity contribution in [2.24, 2.45) is 5.92 Å². The zero-order chi connectivity index (χ0) is 16.0. The van der Waals surface area contributed by atoms with Crippen molar-refractivity contribution >= 4 is 17.8 Å². The minimum absolute atomic E-state index is 0.0604. The highest BCUT2D eigenvalue weighted by Gasteiger charge is 2.24. The summed E-state index contributed by atoms with van der Waals surface area (Å²) in [7, 11) is 0. The fourth-order valence-electron chi connectivity index (χ4n) is 1.58. The highest BCUT2D eigenvalue weighted by Crippen LogP contribution is 2.07. The fraction of sp³-hybridized carbons (Fsp3) is 0.538. The molecule has 1 aromatic rings. The third kappa shape index (κ3) is 5.64. The van der Waals surface area contributed by atoms with Gasteiger partial charge in [-0.2, -0.15) is 0 Å². The maximum atomic E-state index is 11.5. The summed E-state index contributed by atoms with van der Waals surface area (Å²) in [6.07, 6.45) is -0.718. The molecule has 0 aliphatic rings. The number of aromatic nitrogens is 1. The summed E-state index contributed by atoms with van der Waals surface area (Å²) in [5.41, 5.74) is 0.451. The molecule has 1 aromatic heterocycles. The number of carboxylic acids is 1. The van der Waals surface area contributed by atoms with Crippen LogP contribution in [0.15, 0.2) is 10.6 Å². The van der Waals surface area contributed by atoms with Gasteiger partial charge in [-0.25, -0.2) is 9.59 Å². The van der Waals surface area contributed by atoms with Crippen LogP contribution in [0.1, 0.15) is 32.2 Å². The van der Waals surface area contributed by atoms with Crippen LogP contribution in [-0.4, -0.2) is 34.2 Å². The van der Waals surface area contributed by atoms with Crippen LogP contribution < -0.4 is 5.32 Å². The number of hydrogen-bond donors (Lipinski definition) is 2. The Balaban J connectivity index is 2.47. The van der Waals surface area contributed by atoms with Crippen molar-refractivity contribution in [3.63, 3.8) is 0 Å². The lowest BCUT2D eigenvalue weighted by molar-refractivity contribution is -0.140. The Kier molecular flexibility index (Phi) is 5.89. The van der Waals surface area contributed by atoms with Gasteiger partial charge in [0.2, 0.25) is 0 Å². The van der Waals surface area contributed by atoms with Gasteiger partial charge < -0.3 is 19.7 Å². The average molecular weight is 298 g/mol. The van der Waals surface area contributed by atoms with Gasteiger partial charge in [0.05, 0.1) is 12.1 Å². The molecule has 0 aliphatic carbocycles. The molecule has 1 heterocycles. The molecule has 21 heavy (non-hydrogen) atoms. The van der Waals surface area contributed by atoms with E-state index in [0.717, 1.165) is 0 Å². The Morgan fingerprint density at radius 2 is 2.10 bits per heavy atom. The first-order chi connectivity index (χ1) is 9.79. The number of Topliss-reactive ketones (excluding diaryl/α,β-unsaturated/α-hetero) is 1. The van der Waals surface area contributed by atoms with E-state index in [0.29, 0.717) is 5.69 Å². The van der Waals surface area contributed by atoms with Crippen LogP contribution in [0.25, 0.3) is 0 Å². The van der Waals surface area contributed by atoms with E-state index in [1.54, 1.807) is 13.8 Å². The number of carbonyl (C=O) groups excluding carboxylic acids is 2. The monoisotopic (exact) mass is 298 g/mol. The summed E-state index contributed by atoms with van der Waals surface area (Å²) in [5.74, 6) is -1.19. The van der Waals surface area contributed by atoms with Gasteiger partial charge in [-0.05, 0) is 12.8 Å².